The van der Waals surface area contributed by atoms with Crippen LogP contribution in [0.2, 0.25) is 0 Å². The SMILES string of the molecule is CCNC(CCC(C)C)c1cc(C)sc1C. The van der Waals surface area contributed by atoms with E-state index in [1.807, 2.05) is 11.3 Å². The molecule has 1 aromatic heterocycles. The predicted octanol–water partition coefficient (Wildman–Crippen LogP) is 4.45. The van der Waals surface area contributed by atoms with Gasteiger partial charge in [0.05, 0.1) is 0 Å². The minimum atomic E-state index is 0.553. The fraction of sp³-hybridized carbons (Fsp3) is 0.714. The standard InChI is InChI=1S/C14H25NS/c1-6-15-14(8-7-10(2)3)13-9-11(4)16-12(13)5/h9-10,14-15H,6-8H2,1-5H3. The van der Waals surface area contributed by atoms with Crippen LogP contribution in [0.15, 0.2) is 6.07 Å². The number of thiophene rings is 1. The van der Waals surface area contributed by atoms with Crippen molar-refractivity contribution in [3.63, 3.8) is 0 Å². The van der Waals surface area contributed by atoms with Crippen molar-refractivity contribution >= 4 is 11.3 Å². The van der Waals surface area contributed by atoms with E-state index in [-0.39, 0.29) is 0 Å². The lowest BCUT2D eigenvalue weighted by molar-refractivity contribution is 0.448. The Hall–Kier alpha value is -0.340. The summed E-state index contributed by atoms with van der Waals surface area (Å²) in [7, 11) is 0. The first-order valence-electron chi connectivity index (χ1n) is 6.34. The van der Waals surface area contributed by atoms with Crippen molar-refractivity contribution < 1.29 is 0 Å². The molecule has 1 nitrogen and oxygen atoms in total. The van der Waals surface area contributed by atoms with Crippen LogP contribution in [0.3, 0.4) is 0 Å². The minimum Gasteiger partial charge on any atom is -0.310 e. The van der Waals surface area contributed by atoms with E-state index in [1.165, 1.54) is 28.2 Å². The molecular formula is C14H25NS. The molecule has 1 atom stereocenters. The zero-order valence-corrected chi connectivity index (χ0v) is 12.1. The maximum Gasteiger partial charge on any atom is 0.0331 e. The molecule has 0 aromatic carbocycles. The highest BCUT2D eigenvalue weighted by Gasteiger charge is 2.15. The molecule has 1 rings (SSSR count). The molecule has 0 saturated heterocycles. The summed E-state index contributed by atoms with van der Waals surface area (Å²) in [6.45, 7) is 12.3. The summed E-state index contributed by atoms with van der Waals surface area (Å²) in [6, 6.07) is 2.91. The second-order valence-corrected chi connectivity index (χ2v) is 6.41. The van der Waals surface area contributed by atoms with Crippen molar-refractivity contribution in [3.05, 3.63) is 21.4 Å². The van der Waals surface area contributed by atoms with E-state index in [0.717, 1.165) is 12.5 Å². The summed E-state index contributed by atoms with van der Waals surface area (Å²) in [4.78, 5) is 2.91. The molecule has 0 spiro atoms. The monoisotopic (exact) mass is 239 g/mol. The third kappa shape index (κ3) is 3.91. The second kappa shape index (κ2) is 6.41. The summed E-state index contributed by atoms with van der Waals surface area (Å²) in [5, 5.41) is 3.62. The van der Waals surface area contributed by atoms with Crippen LogP contribution in [0.4, 0.5) is 0 Å². The van der Waals surface area contributed by atoms with E-state index < -0.39 is 0 Å². The van der Waals surface area contributed by atoms with Crippen LogP contribution in [0.25, 0.3) is 0 Å². The zero-order chi connectivity index (χ0) is 12.1. The topological polar surface area (TPSA) is 12.0 Å². The van der Waals surface area contributed by atoms with Crippen LogP contribution < -0.4 is 5.32 Å². The Kier molecular flexibility index (Phi) is 5.50. The van der Waals surface area contributed by atoms with Crippen LogP contribution in [0.5, 0.6) is 0 Å². The lowest BCUT2D eigenvalue weighted by atomic mass is 9.98. The van der Waals surface area contributed by atoms with Gasteiger partial charge in [-0.25, -0.2) is 0 Å². The Labute approximate surface area is 104 Å². The first-order chi connectivity index (χ1) is 7.54. The van der Waals surface area contributed by atoms with Gasteiger partial charge in [0.15, 0.2) is 0 Å². The van der Waals surface area contributed by atoms with Gasteiger partial charge in [-0.15, -0.1) is 11.3 Å². The largest absolute Gasteiger partial charge is 0.310 e. The quantitative estimate of drug-likeness (QED) is 0.773. The lowest BCUT2D eigenvalue weighted by Gasteiger charge is -2.19. The molecule has 16 heavy (non-hydrogen) atoms. The summed E-state index contributed by atoms with van der Waals surface area (Å²) in [5.41, 5.74) is 1.52. The number of nitrogens with one attached hydrogen (secondary N) is 1. The molecule has 0 radical (unpaired) electrons. The van der Waals surface area contributed by atoms with Gasteiger partial charge >= 0.3 is 0 Å². The number of hydrogen-bond acceptors (Lipinski definition) is 2. The molecular weight excluding hydrogens is 214 g/mol. The van der Waals surface area contributed by atoms with Gasteiger partial charge in [-0.05, 0) is 50.8 Å². The first kappa shape index (κ1) is 13.7. The summed E-state index contributed by atoms with van der Waals surface area (Å²) in [5.74, 6) is 0.793. The van der Waals surface area contributed by atoms with Gasteiger partial charge in [-0.1, -0.05) is 20.8 Å². The molecule has 1 aromatic rings. The molecule has 1 N–H and O–H groups in total. The van der Waals surface area contributed by atoms with Crippen molar-refractivity contribution in [1.29, 1.82) is 0 Å². The van der Waals surface area contributed by atoms with Gasteiger partial charge in [-0.3, -0.25) is 0 Å². The van der Waals surface area contributed by atoms with Gasteiger partial charge in [0, 0.05) is 15.8 Å². The van der Waals surface area contributed by atoms with Crippen molar-refractivity contribution in [2.75, 3.05) is 6.54 Å². The van der Waals surface area contributed by atoms with E-state index in [2.05, 4.69) is 46.0 Å². The number of rotatable bonds is 6. The highest BCUT2D eigenvalue weighted by atomic mass is 32.1. The molecule has 0 fully saturated rings. The Morgan fingerprint density at radius 2 is 1.94 bits per heavy atom. The lowest BCUT2D eigenvalue weighted by Crippen LogP contribution is -2.21. The van der Waals surface area contributed by atoms with Crippen LogP contribution in [0, 0.1) is 19.8 Å². The van der Waals surface area contributed by atoms with E-state index in [4.69, 9.17) is 0 Å². The Morgan fingerprint density at radius 1 is 1.25 bits per heavy atom. The van der Waals surface area contributed by atoms with Crippen molar-refractivity contribution in [2.24, 2.45) is 5.92 Å². The van der Waals surface area contributed by atoms with Crippen LogP contribution in [0.1, 0.15) is 55.0 Å². The molecule has 2 heteroatoms. The molecule has 0 amide bonds. The van der Waals surface area contributed by atoms with Gasteiger partial charge in [0.25, 0.3) is 0 Å². The van der Waals surface area contributed by atoms with Gasteiger partial charge in [0.2, 0.25) is 0 Å². The van der Waals surface area contributed by atoms with Crippen LogP contribution >= 0.6 is 11.3 Å². The fourth-order valence-corrected chi connectivity index (χ4v) is 3.10. The second-order valence-electron chi connectivity index (χ2n) is 4.95. The van der Waals surface area contributed by atoms with Gasteiger partial charge < -0.3 is 5.32 Å². The van der Waals surface area contributed by atoms with Crippen molar-refractivity contribution in [3.8, 4) is 0 Å². The Morgan fingerprint density at radius 3 is 2.38 bits per heavy atom. The molecule has 0 aliphatic carbocycles. The minimum absolute atomic E-state index is 0.553. The van der Waals surface area contributed by atoms with E-state index in [0.29, 0.717) is 6.04 Å². The van der Waals surface area contributed by atoms with Crippen molar-refractivity contribution in [2.45, 2.75) is 53.5 Å². The predicted molar refractivity (Wildman–Crippen MR) is 74.3 cm³/mol. The molecule has 0 aliphatic heterocycles. The van der Waals surface area contributed by atoms with Gasteiger partial charge in [-0.2, -0.15) is 0 Å². The molecule has 0 aliphatic rings. The molecule has 1 heterocycles. The third-order valence-corrected chi connectivity index (χ3v) is 3.92. The maximum absolute atomic E-state index is 3.62. The average Bonchev–Trinajstić information content (AvgIpc) is 2.52. The van der Waals surface area contributed by atoms with Gasteiger partial charge in [0.1, 0.15) is 0 Å². The molecule has 0 saturated carbocycles. The molecule has 92 valence electrons. The molecule has 0 bridgehead atoms. The maximum atomic E-state index is 3.62. The average molecular weight is 239 g/mol. The van der Waals surface area contributed by atoms with Crippen LogP contribution in [-0.4, -0.2) is 6.54 Å². The third-order valence-electron chi connectivity index (χ3n) is 2.94. The first-order valence-corrected chi connectivity index (χ1v) is 7.16. The van der Waals surface area contributed by atoms with E-state index in [9.17, 15) is 0 Å². The van der Waals surface area contributed by atoms with E-state index in [1.54, 1.807) is 0 Å². The fourth-order valence-electron chi connectivity index (χ4n) is 2.11. The normalized spacial score (nSPS) is 13.4. The summed E-state index contributed by atoms with van der Waals surface area (Å²) in [6.07, 6.45) is 2.55. The molecule has 1 unspecified atom stereocenters. The van der Waals surface area contributed by atoms with Crippen LogP contribution in [-0.2, 0) is 0 Å². The summed E-state index contributed by atoms with van der Waals surface area (Å²) < 4.78 is 0. The summed E-state index contributed by atoms with van der Waals surface area (Å²) >= 11 is 1.92. The van der Waals surface area contributed by atoms with Crippen molar-refractivity contribution in [1.82, 2.24) is 5.32 Å². The smallest absolute Gasteiger partial charge is 0.0331 e. The number of hydrogen-bond donors (Lipinski definition) is 1. The highest BCUT2D eigenvalue weighted by Crippen LogP contribution is 2.29. The number of aryl methyl sites for hydroxylation is 2. The highest BCUT2D eigenvalue weighted by molar-refractivity contribution is 7.12. The zero-order valence-electron chi connectivity index (χ0n) is 11.3. The Bertz CT molecular complexity index is 315. The Balaban J connectivity index is 2.72. The van der Waals surface area contributed by atoms with E-state index >= 15 is 0 Å².